The smallest absolute Gasteiger partial charge is 0.0771 e. The van der Waals surface area contributed by atoms with E-state index in [1.54, 1.807) is 0 Å². The molecule has 3 aromatic carbocycles. The van der Waals surface area contributed by atoms with Gasteiger partial charge in [0.05, 0.1) is 0 Å². The van der Waals surface area contributed by atoms with Gasteiger partial charge in [0.2, 0.25) is 0 Å². The summed E-state index contributed by atoms with van der Waals surface area (Å²) in [5.74, 6) is 0. The maximum Gasteiger partial charge on any atom is -0.0771 e. The van der Waals surface area contributed by atoms with E-state index in [2.05, 4.69) is 99.0 Å². The summed E-state index contributed by atoms with van der Waals surface area (Å²) < 4.78 is 0. The van der Waals surface area contributed by atoms with E-state index in [-0.39, 0.29) is 31.0 Å². The van der Waals surface area contributed by atoms with E-state index in [0.717, 1.165) is 6.42 Å². The second-order valence-electron chi connectivity index (χ2n) is 5.32. The molecule has 0 nitrogen and oxygen atoms in total. The van der Waals surface area contributed by atoms with Gasteiger partial charge in [-0.05, 0) is 0 Å². The molecule has 0 spiro atoms. The summed E-state index contributed by atoms with van der Waals surface area (Å²) in [5, 5.41) is 5.39. The van der Waals surface area contributed by atoms with Crippen molar-refractivity contribution in [3.8, 4) is 0 Å². The van der Waals surface area contributed by atoms with Gasteiger partial charge < -0.3 is 0 Å². The van der Waals surface area contributed by atoms with Gasteiger partial charge in [0.15, 0.2) is 0 Å². The first-order chi connectivity index (χ1) is 10.7. The van der Waals surface area contributed by atoms with Crippen molar-refractivity contribution < 1.29 is 19.2 Å². The molecule has 3 aromatic rings. The molecule has 0 amide bonds. The minimum atomic E-state index is 0. The van der Waals surface area contributed by atoms with E-state index in [9.17, 15) is 0 Å². The Kier molecular flexibility index (Phi) is 12.3. The molecular weight excluding hydrogens is 387 g/mol. The predicted octanol–water partition coefficient (Wildman–Crippen LogP) is 6.65. The molecule has 0 saturated carbocycles. The van der Waals surface area contributed by atoms with Crippen LogP contribution in [0.25, 0.3) is 21.5 Å². The van der Waals surface area contributed by atoms with E-state index >= 15 is 0 Å². The Morgan fingerprint density at radius 1 is 0.917 bits per heavy atom. The van der Waals surface area contributed by atoms with Gasteiger partial charge in [-0.1, -0.05) is 36.4 Å². The Hall–Kier alpha value is -0.699. The van der Waals surface area contributed by atoms with Crippen LogP contribution in [0.4, 0.5) is 0 Å². The fourth-order valence-electron chi connectivity index (χ4n) is 2.24. The van der Waals surface area contributed by atoms with Crippen LogP contribution in [0, 0.1) is 6.08 Å². The second-order valence-corrected chi connectivity index (χ2v) is 12.0. The van der Waals surface area contributed by atoms with Crippen molar-refractivity contribution in [2.24, 2.45) is 0 Å². The third-order valence-corrected chi connectivity index (χ3v) is 3.11. The van der Waals surface area contributed by atoms with Gasteiger partial charge in [0, 0.05) is 0 Å². The SMILES string of the molecule is C[Si](C)=[Ti+2].Cl.Cl.[C-]1=CC=CC1.c1ccc2c(c1)[cH-]c1ccccc12. The first-order valence-corrected chi connectivity index (χ1v) is 12.3. The third kappa shape index (κ3) is 7.46. The van der Waals surface area contributed by atoms with Crippen molar-refractivity contribution in [3.05, 3.63) is 78.9 Å². The predicted molar refractivity (Wildman–Crippen MR) is 111 cm³/mol. The van der Waals surface area contributed by atoms with Gasteiger partial charge in [-0.3, -0.25) is 6.08 Å². The molecule has 0 fully saturated rings. The van der Waals surface area contributed by atoms with Gasteiger partial charge in [-0.25, -0.2) is 12.2 Å². The maximum atomic E-state index is 2.99. The summed E-state index contributed by atoms with van der Waals surface area (Å²) in [5.41, 5.74) is 0. The van der Waals surface area contributed by atoms with Crippen LogP contribution >= 0.6 is 24.8 Å². The summed E-state index contributed by atoms with van der Waals surface area (Å²) >= 11 is 2.27. The fraction of sp³-hybridized carbons (Fsp3) is 0.150. The average Bonchev–Trinajstić information content (AvgIpc) is 3.18. The van der Waals surface area contributed by atoms with Crippen LogP contribution < -0.4 is 0 Å². The molecule has 0 aliphatic heterocycles. The van der Waals surface area contributed by atoms with E-state index in [4.69, 9.17) is 0 Å². The van der Waals surface area contributed by atoms with Crippen LogP contribution in [-0.2, 0) is 19.2 Å². The number of halogens is 2. The van der Waals surface area contributed by atoms with Crippen molar-refractivity contribution in [2.75, 3.05) is 0 Å². The molecule has 24 heavy (non-hydrogen) atoms. The van der Waals surface area contributed by atoms with Gasteiger partial charge >= 0.3 is 38.5 Å². The molecule has 0 atom stereocenters. The monoisotopic (exact) mass is 408 g/mol. The van der Waals surface area contributed by atoms with E-state index in [1.807, 2.05) is 12.2 Å². The molecule has 124 valence electrons. The van der Waals surface area contributed by atoms with Crippen molar-refractivity contribution in [1.29, 1.82) is 0 Å². The fourth-order valence-corrected chi connectivity index (χ4v) is 2.24. The molecule has 0 heterocycles. The number of fused-ring (bicyclic) bond motifs is 3. The summed E-state index contributed by atoms with van der Waals surface area (Å²) in [4.78, 5) is 0. The minimum absolute atomic E-state index is 0. The first kappa shape index (κ1) is 23.3. The molecule has 1 aliphatic rings. The minimum Gasteiger partial charge on any atom is -0.273 e. The molecule has 4 rings (SSSR count). The zero-order valence-electron chi connectivity index (χ0n) is 14.0. The zero-order valence-corrected chi connectivity index (χ0v) is 18.1. The first-order valence-electron chi connectivity index (χ1n) is 7.45. The standard InChI is InChI=1S/C13H9.C5H5.C2H6Si.2ClH.Ti/c1-3-7-12-10(5-1)9-11-6-2-4-8-13(11)12;1-2-4-5-3-1;1-3-2;;;/h1-9H;1-3H,4H2;1-2H3;2*1H;/q2*-1;;;;+2. The Labute approximate surface area is 169 Å². The molecular formula is C20H22Cl2SiTi. The number of allylic oxidation sites excluding steroid dienone is 4. The third-order valence-electron chi connectivity index (χ3n) is 3.11. The van der Waals surface area contributed by atoms with Crippen LogP contribution in [0.2, 0.25) is 13.1 Å². The van der Waals surface area contributed by atoms with E-state index in [0.29, 0.717) is 0 Å². The number of rotatable bonds is 0. The maximum absolute atomic E-state index is 2.99. The average molecular weight is 409 g/mol. The second kappa shape index (κ2) is 12.6. The Bertz CT molecular complexity index is 754. The summed E-state index contributed by atoms with van der Waals surface area (Å²) in [7, 11) is 0. The molecule has 0 radical (unpaired) electrons. The van der Waals surface area contributed by atoms with Crippen molar-refractivity contribution in [2.45, 2.75) is 19.5 Å². The molecule has 0 aromatic heterocycles. The van der Waals surface area contributed by atoms with Crippen LogP contribution in [0.3, 0.4) is 0 Å². The van der Waals surface area contributed by atoms with Crippen molar-refractivity contribution in [3.63, 3.8) is 0 Å². The zero-order chi connectivity index (χ0) is 15.8. The molecule has 0 saturated heterocycles. The van der Waals surface area contributed by atoms with Crippen molar-refractivity contribution in [1.82, 2.24) is 0 Å². The quantitative estimate of drug-likeness (QED) is 0.288. The van der Waals surface area contributed by atoms with Crippen LogP contribution in [0.15, 0.2) is 72.8 Å². The van der Waals surface area contributed by atoms with E-state index in [1.165, 1.54) is 21.5 Å². The molecule has 0 N–H and O–H groups in total. The molecule has 4 heteroatoms. The van der Waals surface area contributed by atoms with Gasteiger partial charge in [-0.15, -0.1) is 71.0 Å². The van der Waals surface area contributed by atoms with Gasteiger partial charge in [-0.2, -0.15) is 6.08 Å². The topological polar surface area (TPSA) is 0 Å². The largest absolute Gasteiger partial charge is 0.273 e. The molecule has 0 bridgehead atoms. The summed E-state index contributed by atoms with van der Waals surface area (Å²) in [6, 6.07) is 19.3. The van der Waals surface area contributed by atoms with Gasteiger partial charge in [0.1, 0.15) is 0 Å². The Morgan fingerprint density at radius 3 is 1.71 bits per heavy atom. The number of hydrogen-bond donors (Lipinski definition) is 0. The van der Waals surface area contributed by atoms with E-state index < -0.39 is 0 Å². The summed E-state index contributed by atoms with van der Waals surface area (Å²) in [6.45, 7) is 4.54. The normalized spacial score (nSPS) is 10.8. The molecule has 1 aliphatic carbocycles. The van der Waals surface area contributed by atoms with Crippen LogP contribution in [0.5, 0.6) is 0 Å². The van der Waals surface area contributed by atoms with Crippen molar-refractivity contribution >= 4 is 52.5 Å². The number of hydrogen-bond acceptors (Lipinski definition) is 0. The van der Waals surface area contributed by atoms with Gasteiger partial charge in [0.25, 0.3) is 0 Å². The Morgan fingerprint density at radius 2 is 1.38 bits per heavy atom. The van der Waals surface area contributed by atoms with Crippen LogP contribution in [0.1, 0.15) is 6.42 Å². The van der Waals surface area contributed by atoms with Crippen LogP contribution in [-0.4, -0.2) is 6.19 Å². The molecule has 0 unspecified atom stereocenters. The Balaban J connectivity index is 0.000000409. The number of benzene rings is 2. The summed E-state index contributed by atoms with van der Waals surface area (Å²) in [6.07, 6.45) is 10.1.